The lowest BCUT2D eigenvalue weighted by atomic mass is 9.84. The van der Waals surface area contributed by atoms with Crippen molar-refractivity contribution in [2.75, 3.05) is 19.8 Å². The van der Waals surface area contributed by atoms with Gasteiger partial charge in [-0.2, -0.15) is 0 Å². The summed E-state index contributed by atoms with van der Waals surface area (Å²) in [5.41, 5.74) is 0. The van der Waals surface area contributed by atoms with E-state index in [9.17, 15) is 0 Å². The minimum atomic E-state index is 0.676. The number of ether oxygens (including phenoxy) is 1. The Hall–Kier alpha value is -0.0800. The average molecular weight is 227 g/mol. The van der Waals surface area contributed by atoms with Gasteiger partial charge in [0.05, 0.1) is 6.61 Å². The number of unbranched alkanes of at least 4 members (excludes halogenated alkanes) is 1. The van der Waals surface area contributed by atoms with E-state index in [1.54, 1.807) is 0 Å². The molecule has 0 heterocycles. The molecule has 96 valence electrons. The average Bonchev–Trinajstić information content (AvgIpc) is 2.34. The number of hydrogen-bond acceptors (Lipinski definition) is 2. The number of nitrogens with one attached hydrogen (secondary N) is 1. The fraction of sp³-hybridized carbons (Fsp3) is 1.00. The fourth-order valence-corrected chi connectivity index (χ4v) is 2.51. The number of hydrogen-bond donors (Lipinski definition) is 1. The van der Waals surface area contributed by atoms with Crippen molar-refractivity contribution in [1.82, 2.24) is 5.32 Å². The molecule has 1 saturated carbocycles. The summed E-state index contributed by atoms with van der Waals surface area (Å²) in [6.45, 7) is 7.35. The van der Waals surface area contributed by atoms with E-state index in [1.807, 2.05) is 0 Å². The minimum Gasteiger partial charge on any atom is -0.380 e. The zero-order chi connectivity index (χ0) is 11.6. The third-order valence-electron chi connectivity index (χ3n) is 3.71. The summed E-state index contributed by atoms with van der Waals surface area (Å²) in [4.78, 5) is 0. The van der Waals surface area contributed by atoms with Crippen molar-refractivity contribution in [2.45, 2.75) is 64.8 Å². The molecule has 1 aliphatic carbocycles. The van der Waals surface area contributed by atoms with Gasteiger partial charge >= 0.3 is 0 Å². The summed E-state index contributed by atoms with van der Waals surface area (Å²) in [7, 11) is 0. The molecule has 1 unspecified atom stereocenters. The van der Waals surface area contributed by atoms with E-state index in [4.69, 9.17) is 4.74 Å². The molecule has 0 aromatic rings. The lowest BCUT2D eigenvalue weighted by molar-refractivity contribution is 0.128. The highest BCUT2D eigenvalue weighted by atomic mass is 16.5. The van der Waals surface area contributed by atoms with Gasteiger partial charge in [-0.05, 0) is 32.1 Å². The van der Waals surface area contributed by atoms with Crippen molar-refractivity contribution in [1.29, 1.82) is 0 Å². The molecule has 0 amide bonds. The molecule has 1 aliphatic rings. The van der Waals surface area contributed by atoms with Crippen molar-refractivity contribution in [3.8, 4) is 0 Å². The molecule has 1 rings (SSSR count). The zero-order valence-corrected chi connectivity index (χ0v) is 11.1. The van der Waals surface area contributed by atoms with Crippen molar-refractivity contribution in [3.05, 3.63) is 0 Å². The predicted molar refractivity (Wildman–Crippen MR) is 69.8 cm³/mol. The third-order valence-corrected chi connectivity index (χ3v) is 3.71. The standard InChI is InChI=1S/C14H29NO/c1-3-4-11-16-12-10-15-13(2)14-8-6-5-7-9-14/h13-15H,3-12H2,1-2H3. The quantitative estimate of drug-likeness (QED) is 0.642. The van der Waals surface area contributed by atoms with E-state index < -0.39 is 0 Å². The van der Waals surface area contributed by atoms with Gasteiger partial charge in [-0.1, -0.05) is 32.6 Å². The molecule has 0 bridgehead atoms. The van der Waals surface area contributed by atoms with Gasteiger partial charge in [-0.25, -0.2) is 0 Å². The Balaban J connectivity index is 1.94. The second kappa shape index (κ2) is 9.00. The molecule has 1 N–H and O–H groups in total. The molecule has 2 heteroatoms. The highest BCUT2D eigenvalue weighted by molar-refractivity contribution is 4.75. The van der Waals surface area contributed by atoms with Crippen LogP contribution in [0.3, 0.4) is 0 Å². The van der Waals surface area contributed by atoms with E-state index in [2.05, 4.69) is 19.2 Å². The van der Waals surface area contributed by atoms with Crippen LogP contribution in [0.15, 0.2) is 0 Å². The van der Waals surface area contributed by atoms with Crippen LogP contribution in [-0.2, 0) is 4.74 Å². The first kappa shape index (κ1) is 14.0. The Morgan fingerprint density at radius 3 is 2.62 bits per heavy atom. The van der Waals surface area contributed by atoms with Gasteiger partial charge in [0.25, 0.3) is 0 Å². The lowest BCUT2D eigenvalue weighted by Gasteiger charge is -2.28. The van der Waals surface area contributed by atoms with Crippen molar-refractivity contribution >= 4 is 0 Å². The second-order valence-corrected chi connectivity index (χ2v) is 5.11. The summed E-state index contributed by atoms with van der Waals surface area (Å²) in [5.74, 6) is 0.907. The highest BCUT2D eigenvalue weighted by Gasteiger charge is 2.18. The monoisotopic (exact) mass is 227 g/mol. The number of rotatable bonds is 8. The van der Waals surface area contributed by atoms with Crippen LogP contribution in [0, 0.1) is 5.92 Å². The molecule has 0 saturated heterocycles. The first-order valence-corrected chi connectivity index (χ1v) is 7.15. The van der Waals surface area contributed by atoms with Gasteiger partial charge < -0.3 is 10.1 Å². The van der Waals surface area contributed by atoms with E-state index >= 15 is 0 Å². The van der Waals surface area contributed by atoms with Crippen molar-refractivity contribution in [3.63, 3.8) is 0 Å². The van der Waals surface area contributed by atoms with Gasteiger partial charge in [0.2, 0.25) is 0 Å². The highest BCUT2D eigenvalue weighted by Crippen LogP contribution is 2.26. The molecule has 0 aromatic heterocycles. The largest absolute Gasteiger partial charge is 0.380 e. The summed E-state index contributed by atoms with van der Waals surface area (Å²) >= 11 is 0. The zero-order valence-electron chi connectivity index (χ0n) is 11.1. The second-order valence-electron chi connectivity index (χ2n) is 5.11. The van der Waals surface area contributed by atoms with Gasteiger partial charge in [-0.15, -0.1) is 0 Å². The van der Waals surface area contributed by atoms with Crippen LogP contribution in [0.25, 0.3) is 0 Å². The summed E-state index contributed by atoms with van der Waals surface area (Å²) < 4.78 is 5.55. The maximum Gasteiger partial charge on any atom is 0.0590 e. The van der Waals surface area contributed by atoms with Gasteiger partial charge in [-0.3, -0.25) is 0 Å². The third kappa shape index (κ3) is 5.86. The minimum absolute atomic E-state index is 0.676. The van der Waals surface area contributed by atoms with Crippen molar-refractivity contribution < 1.29 is 4.74 Å². The normalized spacial score (nSPS) is 19.9. The maximum absolute atomic E-state index is 5.55. The SMILES string of the molecule is CCCCOCCNC(C)C1CCCCC1. The smallest absolute Gasteiger partial charge is 0.0590 e. The van der Waals surface area contributed by atoms with Crippen LogP contribution in [0.2, 0.25) is 0 Å². The first-order valence-electron chi connectivity index (χ1n) is 7.15. The van der Waals surface area contributed by atoms with Gasteiger partial charge in [0.15, 0.2) is 0 Å². The van der Waals surface area contributed by atoms with Gasteiger partial charge in [0.1, 0.15) is 0 Å². The molecule has 0 aliphatic heterocycles. The maximum atomic E-state index is 5.55. The van der Waals surface area contributed by atoms with Crippen molar-refractivity contribution in [2.24, 2.45) is 5.92 Å². The Morgan fingerprint density at radius 2 is 1.94 bits per heavy atom. The Labute approximate surface area is 101 Å². The lowest BCUT2D eigenvalue weighted by Crippen LogP contribution is -2.36. The van der Waals surface area contributed by atoms with Crippen LogP contribution in [0.1, 0.15) is 58.8 Å². The first-order chi connectivity index (χ1) is 7.84. The summed E-state index contributed by atoms with van der Waals surface area (Å²) in [6, 6.07) is 0.676. The molecule has 0 aromatic carbocycles. The molecule has 0 radical (unpaired) electrons. The molecule has 0 spiro atoms. The van der Waals surface area contributed by atoms with Crippen LogP contribution >= 0.6 is 0 Å². The van der Waals surface area contributed by atoms with Crippen LogP contribution in [0.5, 0.6) is 0 Å². The molecular formula is C14H29NO. The summed E-state index contributed by atoms with van der Waals surface area (Å²) in [6.07, 6.45) is 9.58. The molecule has 2 nitrogen and oxygen atoms in total. The summed E-state index contributed by atoms with van der Waals surface area (Å²) in [5, 5.41) is 3.60. The van der Waals surface area contributed by atoms with E-state index in [0.29, 0.717) is 6.04 Å². The van der Waals surface area contributed by atoms with Gasteiger partial charge in [0, 0.05) is 19.2 Å². The fourth-order valence-electron chi connectivity index (χ4n) is 2.51. The molecular weight excluding hydrogens is 198 g/mol. The molecule has 16 heavy (non-hydrogen) atoms. The van der Waals surface area contributed by atoms with E-state index in [1.165, 1.54) is 44.9 Å². The van der Waals surface area contributed by atoms with Crippen LogP contribution in [-0.4, -0.2) is 25.8 Å². The van der Waals surface area contributed by atoms with E-state index in [0.717, 1.165) is 25.7 Å². The Kier molecular flexibility index (Phi) is 7.87. The predicted octanol–water partition coefficient (Wildman–Crippen LogP) is 3.36. The van der Waals surface area contributed by atoms with E-state index in [-0.39, 0.29) is 0 Å². The van der Waals surface area contributed by atoms with Crippen LogP contribution in [0.4, 0.5) is 0 Å². The molecule has 1 atom stereocenters. The van der Waals surface area contributed by atoms with Crippen LogP contribution < -0.4 is 5.32 Å². The Bertz CT molecular complexity index is 155. The Morgan fingerprint density at radius 1 is 1.19 bits per heavy atom. The molecule has 1 fully saturated rings. The topological polar surface area (TPSA) is 21.3 Å².